The quantitative estimate of drug-likeness (QED) is 0.441. The lowest BCUT2D eigenvalue weighted by molar-refractivity contribution is -0.210. The molecule has 4 N–H and O–H groups in total. The molecule has 1 heterocycles. The lowest BCUT2D eigenvalue weighted by Gasteiger charge is -2.44. The molecule has 0 saturated heterocycles. The van der Waals surface area contributed by atoms with E-state index in [0.717, 1.165) is 6.92 Å². The number of carbonyl (C=O) groups is 1. The maximum absolute atomic E-state index is 13.6. The van der Waals surface area contributed by atoms with E-state index < -0.39 is 23.1 Å². The molecule has 2 radical (unpaired) electrons. The second-order valence-electron chi connectivity index (χ2n) is 7.09. The molecule has 0 bridgehead atoms. The zero-order chi connectivity index (χ0) is 22.4. The van der Waals surface area contributed by atoms with Crippen LogP contribution in [0.5, 0.6) is 0 Å². The van der Waals surface area contributed by atoms with Crippen molar-refractivity contribution in [2.45, 2.75) is 18.3 Å². The Kier molecular flexibility index (Phi) is 5.47. The molecule has 154 valence electrons. The Morgan fingerprint density at radius 1 is 1.13 bits per heavy atom. The molecule has 0 spiro atoms. The molecule has 1 aliphatic rings. The largest absolute Gasteiger partial charge is 0.506 e. The fourth-order valence-electron chi connectivity index (χ4n) is 3.25. The maximum atomic E-state index is 13.6. The first-order valence-electron chi connectivity index (χ1n) is 8.90. The summed E-state index contributed by atoms with van der Waals surface area (Å²) in [5, 5.41) is 41.9. The van der Waals surface area contributed by atoms with Crippen molar-refractivity contribution in [2.24, 2.45) is 0 Å². The average molecular weight is 427 g/mol. The van der Waals surface area contributed by atoms with E-state index in [-0.39, 0.29) is 27.5 Å². The van der Waals surface area contributed by atoms with Gasteiger partial charge >= 0.3 is 0 Å². The summed E-state index contributed by atoms with van der Waals surface area (Å²) in [6.45, 7) is 4.84. The Labute approximate surface area is 180 Å². The number of hydrogen-bond donors (Lipinski definition) is 4. The molecule has 0 aromatic heterocycles. The summed E-state index contributed by atoms with van der Waals surface area (Å²) in [4.78, 5) is 15.9. The molecule has 1 amide bonds. The van der Waals surface area contributed by atoms with Gasteiger partial charge < -0.3 is 25.3 Å². The van der Waals surface area contributed by atoms with E-state index in [2.05, 4.69) is 6.58 Å². The molecule has 30 heavy (non-hydrogen) atoms. The lowest BCUT2D eigenvalue weighted by atomic mass is 9.83. The highest BCUT2D eigenvalue weighted by atomic mass is 35.5. The van der Waals surface area contributed by atoms with Crippen LogP contribution in [-0.2, 0) is 4.79 Å². The Morgan fingerprint density at radius 2 is 1.73 bits per heavy atom. The number of aliphatic hydroxyl groups excluding tert-OH is 1. The average Bonchev–Trinajstić information content (AvgIpc) is 2.66. The molecule has 2 aromatic carbocycles. The monoisotopic (exact) mass is 426 g/mol. The molecular formula is C21H20BClN2O5. The number of aliphatic hydroxyl groups is 4. The van der Waals surface area contributed by atoms with Gasteiger partial charge in [0.25, 0.3) is 5.91 Å². The molecule has 2 aromatic rings. The van der Waals surface area contributed by atoms with Crippen LogP contribution in [0.3, 0.4) is 0 Å². The molecule has 1 aliphatic heterocycles. The number of fused-ring (bicyclic) bond motifs is 1. The van der Waals surface area contributed by atoms with Crippen LogP contribution in [0.15, 0.2) is 66.4 Å². The van der Waals surface area contributed by atoms with Crippen LogP contribution in [-0.4, -0.2) is 52.6 Å². The summed E-state index contributed by atoms with van der Waals surface area (Å²) in [5.41, 5.74) is -5.21. The highest BCUT2D eigenvalue weighted by molar-refractivity contribution is 6.33. The third kappa shape index (κ3) is 3.38. The zero-order valence-corrected chi connectivity index (χ0v) is 17.1. The number of hydrogen-bond acceptors (Lipinski definition) is 6. The van der Waals surface area contributed by atoms with Gasteiger partial charge in [0.2, 0.25) is 0 Å². The van der Waals surface area contributed by atoms with Gasteiger partial charge in [-0.2, -0.15) is 0 Å². The van der Waals surface area contributed by atoms with E-state index in [4.69, 9.17) is 19.4 Å². The number of para-hydroxylation sites is 1. The van der Waals surface area contributed by atoms with Gasteiger partial charge in [0.1, 0.15) is 11.3 Å². The minimum atomic E-state index is -3.19. The number of anilines is 2. The van der Waals surface area contributed by atoms with E-state index in [1.807, 2.05) is 0 Å². The third-order valence-electron chi connectivity index (χ3n) is 5.08. The smallest absolute Gasteiger partial charge is 0.266 e. The lowest BCUT2D eigenvalue weighted by Crippen LogP contribution is -2.65. The maximum Gasteiger partial charge on any atom is 0.266 e. The van der Waals surface area contributed by atoms with Crippen molar-refractivity contribution >= 4 is 42.5 Å². The van der Waals surface area contributed by atoms with E-state index >= 15 is 0 Å². The fraction of sp³-hybridized carbons (Fsp3) is 0.190. The first kappa shape index (κ1) is 21.9. The van der Waals surface area contributed by atoms with E-state index in [1.54, 1.807) is 48.3 Å². The molecule has 1 atom stereocenters. The first-order valence-corrected chi connectivity index (χ1v) is 9.28. The fourth-order valence-corrected chi connectivity index (χ4v) is 3.51. The number of rotatable bonds is 4. The van der Waals surface area contributed by atoms with Crippen LogP contribution >= 0.6 is 11.6 Å². The highest BCUT2D eigenvalue weighted by Crippen LogP contribution is 2.43. The van der Waals surface area contributed by atoms with Crippen molar-refractivity contribution in [3.8, 4) is 0 Å². The summed E-state index contributed by atoms with van der Waals surface area (Å²) >= 11 is 6.25. The van der Waals surface area contributed by atoms with Crippen LogP contribution in [0.25, 0.3) is 5.76 Å². The molecule has 0 aliphatic carbocycles. The summed E-state index contributed by atoms with van der Waals surface area (Å²) in [6, 6.07) is 12.7. The van der Waals surface area contributed by atoms with Gasteiger partial charge in [-0.05, 0) is 31.2 Å². The zero-order valence-electron chi connectivity index (χ0n) is 16.4. The SMILES string of the molecule is [B]C(O)(O)C(C)(O)N(C(=O)C1=C(O)c2c(Cl)cccc2N(C)C1=C)c1ccccc1. The minimum absolute atomic E-state index is 0.103. The summed E-state index contributed by atoms with van der Waals surface area (Å²) in [7, 11) is 6.98. The van der Waals surface area contributed by atoms with E-state index in [1.165, 1.54) is 12.1 Å². The summed E-state index contributed by atoms with van der Waals surface area (Å²) in [5.74, 6) is -1.43. The molecule has 9 heteroatoms. The number of carbonyl (C=O) groups excluding carboxylic acids is 1. The van der Waals surface area contributed by atoms with E-state index in [9.17, 15) is 25.2 Å². The summed E-state index contributed by atoms with van der Waals surface area (Å²) < 4.78 is 0. The van der Waals surface area contributed by atoms with Gasteiger partial charge in [-0.25, -0.2) is 0 Å². The molecule has 1 unspecified atom stereocenters. The second kappa shape index (κ2) is 7.48. The van der Waals surface area contributed by atoms with Gasteiger partial charge in [-0.15, -0.1) is 0 Å². The Balaban J connectivity index is 2.26. The molecular weight excluding hydrogens is 407 g/mol. The Hall–Kier alpha value is -2.78. The van der Waals surface area contributed by atoms with Crippen molar-refractivity contribution in [1.29, 1.82) is 0 Å². The molecule has 3 rings (SSSR count). The number of nitrogens with zero attached hydrogens (tertiary/aromatic N) is 2. The van der Waals surface area contributed by atoms with Crippen molar-refractivity contribution < 1.29 is 25.2 Å². The molecule has 7 nitrogen and oxygen atoms in total. The van der Waals surface area contributed by atoms with Crippen molar-refractivity contribution in [3.05, 3.63) is 77.0 Å². The number of amides is 1. The molecule has 0 saturated carbocycles. The van der Waals surface area contributed by atoms with Crippen molar-refractivity contribution in [3.63, 3.8) is 0 Å². The number of benzene rings is 2. The van der Waals surface area contributed by atoms with Gasteiger partial charge in [0, 0.05) is 12.7 Å². The Morgan fingerprint density at radius 3 is 2.30 bits per heavy atom. The second-order valence-corrected chi connectivity index (χ2v) is 7.49. The van der Waals surface area contributed by atoms with Crippen LogP contribution in [0.2, 0.25) is 5.02 Å². The van der Waals surface area contributed by atoms with Crippen LogP contribution in [0.1, 0.15) is 12.5 Å². The predicted octanol–water partition coefficient (Wildman–Crippen LogP) is 2.12. The van der Waals surface area contributed by atoms with Crippen LogP contribution < -0.4 is 9.80 Å². The highest BCUT2D eigenvalue weighted by Gasteiger charge is 2.49. The van der Waals surface area contributed by atoms with Gasteiger partial charge in [0.05, 0.1) is 22.0 Å². The minimum Gasteiger partial charge on any atom is -0.506 e. The molecule has 0 fully saturated rings. The third-order valence-corrected chi connectivity index (χ3v) is 5.40. The predicted molar refractivity (Wildman–Crippen MR) is 116 cm³/mol. The topological polar surface area (TPSA) is 104 Å². The number of likely N-dealkylation sites (N-methyl/N-ethyl adjacent to an activating group) is 1. The van der Waals surface area contributed by atoms with Crippen LogP contribution in [0.4, 0.5) is 11.4 Å². The normalized spacial score (nSPS) is 16.2. The van der Waals surface area contributed by atoms with Crippen molar-refractivity contribution in [2.75, 3.05) is 16.8 Å². The van der Waals surface area contributed by atoms with Gasteiger partial charge in [-0.1, -0.05) is 42.4 Å². The van der Waals surface area contributed by atoms with Crippen molar-refractivity contribution in [1.82, 2.24) is 0 Å². The Bertz CT molecular complexity index is 1050. The summed E-state index contributed by atoms with van der Waals surface area (Å²) in [6.07, 6.45) is 0. The van der Waals surface area contributed by atoms with E-state index in [0.29, 0.717) is 10.6 Å². The number of halogens is 1. The van der Waals surface area contributed by atoms with Gasteiger partial charge in [-0.3, -0.25) is 9.69 Å². The van der Waals surface area contributed by atoms with Gasteiger partial charge in [0.15, 0.2) is 19.3 Å². The standard InChI is InChI=1S/C21H20BClN2O5/c1-12-16(18(26)17-14(23)10-7-11-15(17)24(12)3)19(27)25(13-8-5-4-6-9-13)20(2,28)21(22,29)30/h4-11,26,28-30H,1H2,2-3H3. The first-order chi connectivity index (χ1) is 13.9. The van der Waals surface area contributed by atoms with Crippen LogP contribution in [0, 0.1) is 0 Å².